The molecule has 2 aliphatic carbocycles. The topological polar surface area (TPSA) is 72.9 Å². The molecule has 4 rings (SSSR count). The molecule has 152 valence electrons. The number of carbonyl (C=O) groups is 2. The van der Waals surface area contributed by atoms with Gasteiger partial charge in [-0.2, -0.15) is 0 Å². The van der Waals surface area contributed by atoms with Crippen LogP contribution in [-0.4, -0.2) is 64.7 Å². The Morgan fingerprint density at radius 3 is 2.48 bits per heavy atom. The average Bonchev–Trinajstić information content (AvgIpc) is 3.10. The maximum atomic E-state index is 12.8. The minimum atomic E-state index is -2.14. The maximum Gasteiger partial charge on any atom is 0.407 e. The lowest BCUT2D eigenvalue weighted by molar-refractivity contribution is -0.131. The largest absolute Gasteiger partial charge is 0.465 e. The Labute approximate surface area is 166 Å². The van der Waals surface area contributed by atoms with Crippen LogP contribution in [0.3, 0.4) is 0 Å². The Morgan fingerprint density at radius 1 is 1.22 bits per heavy atom. The standard InChI is InChI=1S/C21H35N3O3/c1-3-16-17(13-21(16)9-12-24(14-21)19(26)27)23-10-5-15(6-11-23)18(25)22-20(2)7-4-8-20/h15-17H,3-14H2,1-2H3,(H,22,25)(H,26,27)/t16?,17-,21-/m1/s1/i2D3. The summed E-state index contributed by atoms with van der Waals surface area (Å²) < 4.78 is 23.4. The third-order valence-electron chi connectivity index (χ3n) is 7.90. The molecule has 3 atom stereocenters. The van der Waals surface area contributed by atoms with Gasteiger partial charge in [-0.25, -0.2) is 4.79 Å². The van der Waals surface area contributed by atoms with Gasteiger partial charge in [-0.1, -0.05) is 13.3 Å². The summed E-state index contributed by atoms with van der Waals surface area (Å²) >= 11 is 0. The molecule has 2 heterocycles. The summed E-state index contributed by atoms with van der Waals surface area (Å²) in [5, 5.41) is 12.2. The highest BCUT2D eigenvalue weighted by Crippen LogP contribution is 2.56. The fourth-order valence-electron chi connectivity index (χ4n) is 6.06. The number of hydrogen-bond acceptors (Lipinski definition) is 3. The van der Waals surface area contributed by atoms with Crippen LogP contribution >= 0.6 is 0 Å². The normalized spacial score (nSPS) is 38.4. The molecule has 4 fully saturated rings. The first-order chi connectivity index (χ1) is 14.1. The van der Waals surface area contributed by atoms with Gasteiger partial charge in [-0.15, -0.1) is 0 Å². The third kappa shape index (κ3) is 3.34. The smallest absolute Gasteiger partial charge is 0.407 e. The van der Waals surface area contributed by atoms with Gasteiger partial charge in [0.05, 0.1) is 0 Å². The molecule has 0 radical (unpaired) electrons. The molecule has 0 bridgehead atoms. The highest BCUT2D eigenvalue weighted by Gasteiger charge is 2.58. The van der Waals surface area contributed by atoms with Gasteiger partial charge in [-0.05, 0) is 76.2 Å². The molecule has 6 heteroatoms. The first-order valence-electron chi connectivity index (χ1n) is 12.1. The first kappa shape index (κ1) is 15.6. The molecule has 4 aliphatic rings. The zero-order chi connectivity index (χ0) is 21.7. The summed E-state index contributed by atoms with van der Waals surface area (Å²) in [6, 6.07) is 0.480. The zero-order valence-corrected chi connectivity index (χ0v) is 16.4. The van der Waals surface area contributed by atoms with E-state index in [1.54, 1.807) is 4.90 Å². The van der Waals surface area contributed by atoms with Crippen molar-refractivity contribution in [3.63, 3.8) is 0 Å². The molecular formula is C21H35N3O3. The predicted molar refractivity (Wildman–Crippen MR) is 104 cm³/mol. The van der Waals surface area contributed by atoms with E-state index in [1.807, 2.05) is 0 Å². The van der Waals surface area contributed by atoms with E-state index in [9.17, 15) is 14.7 Å². The molecule has 6 nitrogen and oxygen atoms in total. The molecule has 0 aromatic rings. The van der Waals surface area contributed by atoms with E-state index in [0.717, 1.165) is 51.6 Å². The van der Waals surface area contributed by atoms with E-state index in [2.05, 4.69) is 17.1 Å². The predicted octanol–water partition coefficient (Wildman–Crippen LogP) is 2.93. The first-order valence-corrected chi connectivity index (χ1v) is 10.6. The van der Waals surface area contributed by atoms with E-state index in [1.165, 1.54) is 0 Å². The summed E-state index contributed by atoms with van der Waals surface area (Å²) in [5.41, 5.74) is -0.865. The number of likely N-dealkylation sites (tertiary alicyclic amines) is 2. The number of nitrogens with one attached hydrogen (secondary N) is 1. The number of rotatable bonds is 4. The van der Waals surface area contributed by atoms with Gasteiger partial charge in [0.2, 0.25) is 5.91 Å². The average molecular weight is 381 g/mol. The van der Waals surface area contributed by atoms with Gasteiger partial charge in [0.15, 0.2) is 0 Å². The summed E-state index contributed by atoms with van der Waals surface area (Å²) in [6.45, 7) is 3.09. The van der Waals surface area contributed by atoms with Gasteiger partial charge in [0.25, 0.3) is 0 Å². The lowest BCUT2D eigenvalue weighted by Crippen LogP contribution is -2.62. The molecule has 2 amide bonds. The number of hydrogen-bond donors (Lipinski definition) is 2. The summed E-state index contributed by atoms with van der Waals surface area (Å²) in [6.07, 6.45) is 5.75. The highest BCUT2D eigenvalue weighted by molar-refractivity contribution is 5.79. The van der Waals surface area contributed by atoms with Crippen molar-refractivity contribution in [2.24, 2.45) is 17.3 Å². The van der Waals surface area contributed by atoms with E-state index in [-0.39, 0.29) is 17.2 Å². The van der Waals surface area contributed by atoms with Crippen LogP contribution in [0.25, 0.3) is 0 Å². The second kappa shape index (κ2) is 6.94. The van der Waals surface area contributed by atoms with Crippen LogP contribution in [-0.2, 0) is 4.79 Å². The van der Waals surface area contributed by atoms with Crippen LogP contribution in [0.5, 0.6) is 0 Å². The SMILES string of the molecule is [2H]C([2H])([2H])C1(NC(=O)C2CCN([C@@H]3C[C@@]4(CCN(C(=O)O)C4)C3CC)CC2)CCC1. The molecule has 27 heavy (non-hydrogen) atoms. The van der Waals surface area contributed by atoms with Crippen molar-refractivity contribution in [2.75, 3.05) is 26.2 Å². The summed E-state index contributed by atoms with van der Waals surface area (Å²) in [7, 11) is 0. The van der Waals surface area contributed by atoms with Crippen molar-refractivity contribution >= 4 is 12.0 Å². The second-order valence-corrected chi connectivity index (χ2v) is 9.34. The van der Waals surface area contributed by atoms with Gasteiger partial charge in [0, 0.05) is 34.7 Å². The van der Waals surface area contributed by atoms with Gasteiger partial charge >= 0.3 is 6.09 Å². The minimum Gasteiger partial charge on any atom is -0.465 e. The van der Waals surface area contributed by atoms with Crippen molar-refractivity contribution in [1.29, 1.82) is 0 Å². The number of carboxylic acid groups (broad SMARTS) is 1. The van der Waals surface area contributed by atoms with Crippen molar-refractivity contribution in [2.45, 2.75) is 76.7 Å². The number of nitrogens with zero attached hydrogens (tertiary/aromatic N) is 2. The zero-order valence-electron chi connectivity index (χ0n) is 19.4. The number of carbonyl (C=O) groups excluding carboxylic acids is 1. The molecule has 2 saturated carbocycles. The molecular weight excluding hydrogens is 342 g/mol. The Morgan fingerprint density at radius 2 is 1.96 bits per heavy atom. The summed E-state index contributed by atoms with van der Waals surface area (Å²) in [4.78, 5) is 28.2. The number of piperidine rings is 1. The van der Waals surface area contributed by atoms with Crippen LogP contribution in [0.2, 0.25) is 0 Å². The lowest BCUT2D eigenvalue weighted by atomic mass is 9.54. The fourth-order valence-corrected chi connectivity index (χ4v) is 6.06. The van der Waals surface area contributed by atoms with Crippen molar-refractivity contribution in [3.8, 4) is 0 Å². The van der Waals surface area contributed by atoms with Crippen LogP contribution < -0.4 is 5.32 Å². The Bertz CT molecular complexity index is 689. The second-order valence-electron chi connectivity index (χ2n) is 9.34. The molecule has 0 aromatic carbocycles. The van der Waals surface area contributed by atoms with Crippen LogP contribution in [0.15, 0.2) is 0 Å². The van der Waals surface area contributed by atoms with E-state index >= 15 is 0 Å². The van der Waals surface area contributed by atoms with Crippen LogP contribution in [0.4, 0.5) is 4.79 Å². The fraction of sp³-hybridized carbons (Fsp3) is 0.905. The Hall–Kier alpha value is -1.30. The third-order valence-corrected chi connectivity index (χ3v) is 7.90. The molecule has 1 unspecified atom stereocenters. The quantitative estimate of drug-likeness (QED) is 0.786. The van der Waals surface area contributed by atoms with Crippen molar-refractivity contribution in [3.05, 3.63) is 0 Å². The number of amides is 2. The van der Waals surface area contributed by atoms with E-state index in [0.29, 0.717) is 37.9 Å². The van der Waals surface area contributed by atoms with Gasteiger partial charge < -0.3 is 20.2 Å². The molecule has 0 aromatic heterocycles. The van der Waals surface area contributed by atoms with Crippen molar-refractivity contribution in [1.82, 2.24) is 15.1 Å². The molecule has 2 saturated heterocycles. The van der Waals surface area contributed by atoms with Crippen LogP contribution in [0.1, 0.15) is 69.3 Å². The monoisotopic (exact) mass is 380 g/mol. The van der Waals surface area contributed by atoms with Crippen molar-refractivity contribution < 1.29 is 18.8 Å². The highest BCUT2D eigenvalue weighted by atomic mass is 16.4. The van der Waals surface area contributed by atoms with E-state index < -0.39 is 18.5 Å². The van der Waals surface area contributed by atoms with E-state index in [4.69, 9.17) is 4.11 Å². The van der Waals surface area contributed by atoms with Gasteiger partial charge in [0.1, 0.15) is 0 Å². The Balaban J connectivity index is 1.30. The van der Waals surface area contributed by atoms with Gasteiger partial charge in [-0.3, -0.25) is 4.79 Å². The molecule has 1 spiro atoms. The van der Waals surface area contributed by atoms with Crippen LogP contribution in [0, 0.1) is 17.3 Å². The maximum absolute atomic E-state index is 12.8. The lowest BCUT2D eigenvalue weighted by Gasteiger charge is -2.58. The minimum absolute atomic E-state index is 0.0875. The summed E-state index contributed by atoms with van der Waals surface area (Å²) in [5.74, 6) is 0.320. The molecule has 2 aliphatic heterocycles. The molecule has 2 N–H and O–H groups in total. The Kier molecular flexibility index (Phi) is 4.01.